The molecular formula is C21H32N6. The number of tetrazole rings is 1. The summed E-state index contributed by atoms with van der Waals surface area (Å²) in [6.07, 6.45) is 3.06. The van der Waals surface area contributed by atoms with Gasteiger partial charge in [0.25, 0.3) is 0 Å². The summed E-state index contributed by atoms with van der Waals surface area (Å²) in [4.78, 5) is 4.96. The fourth-order valence-electron chi connectivity index (χ4n) is 3.61. The lowest BCUT2D eigenvalue weighted by atomic mass is 10.0. The predicted octanol–water partition coefficient (Wildman–Crippen LogP) is 2.92. The highest BCUT2D eigenvalue weighted by Gasteiger charge is 2.30. The molecular weight excluding hydrogens is 336 g/mol. The maximum Gasteiger partial charge on any atom is 0.173 e. The van der Waals surface area contributed by atoms with Gasteiger partial charge in [-0.3, -0.25) is 9.80 Å². The van der Waals surface area contributed by atoms with Gasteiger partial charge in [-0.2, -0.15) is 0 Å². The molecule has 0 radical (unpaired) electrons. The molecule has 3 rings (SSSR count). The van der Waals surface area contributed by atoms with Gasteiger partial charge in [0.2, 0.25) is 0 Å². The first-order chi connectivity index (χ1) is 13.1. The lowest BCUT2D eigenvalue weighted by molar-refractivity contribution is 0.112. The normalized spacial score (nSPS) is 17.3. The van der Waals surface area contributed by atoms with Crippen molar-refractivity contribution in [2.75, 3.05) is 32.7 Å². The Balaban J connectivity index is 1.86. The molecule has 1 atom stereocenters. The van der Waals surface area contributed by atoms with Crippen molar-refractivity contribution in [1.29, 1.82) is 0 Å². The molecule has 27 heavy (non-hydrogen) atoms. The molecule has 0 amide bonds. The first-order valence-corrected chi connectivity index (χ1v) is 9.98. The number of aryl methyl sites for hydroxylation is 2. The zero-order valence-electron chi connectivity index (χ0n) is 16.9. The van der Waals surface area contributed by atoms with E-state index in [1.807, 2.05) is 10.8 Å². The zero-order valence-corrected chi connectivity index (χ0v) is 16.9. The first kappa shape index (κ1) is 19.7. The topological polar surface area (TPSA) is 50.1 Å². The molecule has 1 unspecified atom stereocenters. The van der Waals surface area contributed by atoms with E-state index in [4.69, 9.17) is 0 Å². The standard InChI is InChI=1S/C21H32N6/c1-5-11-25-13-15-26(16-14-25)20(19-8-6-18(4)7-9-19)21-22-23-24-27(21)12-10-17(2)3/h5-9,17,20H,1,10-16H2,2-4H3. The molecule has 0 bridgehead atoms. The SMILES string of the molecule is C=CCN1CCN(C(c2ccc(C)cc2)c2nnnn2CCC(C)C)CC1. The molecule has 6 heteroatoms. The van der Waals surface area contributed by atoms with Crippen LogP contribution in [0.1, 0.15) is 43.3 Å². The smallest absolute Gasteiger partial charge is 0.173 e. The minimum Gasteiger partial charge on any atom is -0.297 e. The molecule has 1 fully saturated rings. The Morgan fingerprint density at radius 2 is 1.81 bits per heavy atom. The molecule has 2 aromatic rings. The molecule has 146 valence electrons. The Morgan fingerprint density at radius 1 is 1.11 bits per heavy atom. The van der Waals surface area contributed by atoms with Crippen molar-refractivity contribution in [2.45, 2.75) is 39.8 Å². The van der Waals surface area contributed by atoms with E-state index in [1.165, 1.54) is 11.1 Å². The molecule has 0 spiro atoms. The van der Waals surface area contributed by atoms with Gasteiger partial charge in [-0.15, -0.1) is 11.7 Å². The quantitative estimate of drug-likeness (QED) is 0.671. The van der Waals surface area contributed by atoms with E-state index in [2.05, 4.69) is 76.9 Å². The highest BCUT2D eigenvalue weighted by molar-refractivity contribution is 5.28. The average Bonchev–Trinajstić information content (AvgIpc) is 3.11. The summed E-state index contributed by atoms with van der Waals surface area (Å²) in [5, 5.41) is 12.8. The van der Waals surface area contributed by atoms with Gasteiger partial charge in [0.15, 0.2) is 5.82 Å². The molecule has 1 aliphatic rings. The van der Waals surface area contributed by atoms with Crippen LogP contribution in [0.2, 0.25) is 0 Å². The van der Waals surface area contributed by atoms with Crippen molar-refractivity contribution in [3.8, 4) is 0 Å². The van der Waals surface area contributed by atoms with E-state index < -0.39 is 0 Å². The van der Waals surface area contributed by atoms with E-state index in [-0.39, 0.29) is 6.04 Å². The van der Waals surface area contributed by atoms with Crippen LogP contribution >= 0.6 is 0 Å². The minimum atomic E-state index is 0.0960. The summed E-state index contributed by atoms with van der Waals surface area (Å²) >= 11 is 0. The molecule has 1 saturated heterocycles. The third kappa shape index (κ3) is 5.02. The van der Waals surface area contributed by atoms with E-state index in [0.717, 1.165) is 51.5 Å². The van der Waals surface area contributed by atoms with Crippen LogP contribution in [0.4, 0.5) is 0 Å². The molecule has 1 aromatic carbocycles. The number of hydrogen-bond donors (Lipinski definition) is 0. The van der Waals surface area contributed by atoms with Gasteiger partial charge in [-0.1, -0.05) is 49.8 Å². The average molecular weight is 369 g/mol. The number of piperazine rings is 1. The lowest BCUT2D eigenvalue weighted by Crippen LogP contribution is -2.48. The summed E-state index contributed by atoms with van der Waals surface area (Å²) in [5.41, 5.74) is 2.53. The van der Waals surface area contributed by atoms with Crippen LogP contribution in [0, 0.1) is 12.8 Å². The van der Waals surface area contributed by atoms with Crippen LogP contribution in [-0.4, -0.2) is 62.7 Å². The van der Waals surface area contributed by atoms with Crippen LogP contribution in [0.3, 0.4) is 0 Å². The van der Waals surface area contributed by atoms with Gasteiger partial charge in [-0.25, -0.2) is 4.68 Å². The molecule has 0 N–H and O–H groups in total. The van der Waals surface area contributed by atoms with Crippen LogP contribution in [0.5, 0.6) is 0 Å². The molecule has 2 heterocycles. The third-order valence-electron chi connectivity index (χ3n) is 5.27. The number of aromatic nitrogens is 4. The highest BCUT2D eigenvalue weighted by Crippen LogP contribution is 2.28. The second-order valence-electron chi connectivity index (χ2n) is 7.88. The van der Waals surface area contributed by atoms with Gasteiger partial charge in [0.1, 0.15) is 0 Å². The maximum absolute atomic E-state index is 4.45. The van der Waals surface area contributed by atoms with Crippen LogP contribution in [-0.2, 0) is 6.54 Å². The van der Waals surface area contributed by atoms with Crippen molar-refractivity contribution in [1.82, 2.24) is 30.0 Å². The van der Waals surface area contributed by atoms with Crippen LogP contribution in [0.25, 0.3) is 0 Å². The fraction of sp³-hybridized carbons (Fsp3) is 0.571. The van der Waals surface area contributed by atoms with Crippen molar-refractivity contribution in [3.05, 3.63) is 53.9 Å². The molecule has 0 aliphatic carbocycles. The summed E-state index contributed by atoms with van der Waals surface area (Å²) in [7, 11) is 0. The summed E-state index contributed by atoms with van der Waals surface area (Å²) < 4.78 is 2.00. The van der Waals surface area contributed by atoms with Gasteiger partial charge in [0, 0.05) is 39.3 Å². The predicted molar refractivity (Wildman–Crippen MR) is 109 cm³/mol. The Bertz CT molecular complexity index is 713. The van der Waals surface area contributed by atoms with Crippen molar-refractivity contribution >= 4 is 0 Å². The Labute approximate surface area is 162 Å². The largest absolute Gasteiger partial charge is 0.297 e. The summed E-state index contributed by atoms with van der Waals surface area (Å²) in [5.74, 6) is 1.58. The fourth-order valence-corrected chi connectivity index (χ4v) is 3.61. The van der Waals surface area contributed by atoms with Crippen molar-refractivity contribution in [3.63, 3.8) is 0 Å². The van der Waals surface area contributed by atoms with E-state index in [0.29, 0.717) is 5.92 Å². The number of nitrogens with zero attached hydrogens (tertiary/aromatic N) is 6. The number of rotatable bonds is 8. The molecule has 0 saturated carbocycles. The highest BCUT2D eigenvalue weighted by atomic mass is 15.6. The van der Waals surface area contributed by atoms with Gasteiger partial charge >= 0.3 is 0 Å². The summed E-state index contributed by atoms with van der Waals surface area (Å²) in [6, 6.07) is 8.89. The first-order valence-electron chi connectivity index (χ1n) is 9.98. The monoisotopic (exact) mass is 368 g/mol. The number of hydrogen-bond acceptors (Lipinski definition) is 5. The zero-order chi connectivity index (χ0) is 19.2. The van der Waals surface area contributed by atoms with Gasteiger partial charge in [-0.05, 0) is 35.3 Å². The molecule has 1 aromatic heterocycles. The van der Waals surface area contributed by atoms with Gasteiger partial charge < -0.3 is 0 Å². The van der Waals surface area contributed by atoms with Crippen molar-refractivity contribution in [2.24, 2.45) is 5.92 Å². The van der Waals surface area contributed by atoms with E-state index in [1.54, 1.807) is 0 Å². The van der Waals surface area contributed by atoms with Gasteiger partial charge in [0.05, 0.1) is 6.04 Å². The Morgan fingerprint density at radius 3 is 2.44 bits per heavy atom. The summed E-state index contributed by atoms with van der Waals surface area (Å²) in [6.45, 7) is 16.4. The van der Waals surface area contributed by atoms with E-state index in [9.17, 15) is 0 Å². The molecule has 6 nitrogen and oxygen atoms in total. The second kappa shape index (κ2) is 9.24. The second-order valence-corrected chi connectivity index (χ2v) is 7.88. The maximum atomic E-state index is 4.45. The lowest BCUT2D eigenvalue weighted by Gasteiger charge is -2.38. The van der Waals surface area contributed by atoms with Crippen LogP contribution in [0.15, 0.2) is 36.9 Å². The Kier molecular flexibility index (Phi) is 6.74. The minimum absolute atomic E-state index is 0.0960. The van der Waals surface area contributed by atoms with Crippen molar-refractivity contribution < 1.29 is 0 Å². The number of benzene rings is 1. The third-order valence-corrected chi connectivity index (χ3v) is 5.27. The molecule has 1 aliphatic heterocycles. The van der Waals surface area contributed by atoms with Crippen LogP contribution < -0.4 is 0 Å². The van der Waals surface area contributed by atoms with E-state index >= 15 is 0 Å². The Hall–Kier alpha value is -2.05.